The van der Waals surface area contributed by atoms with Gasteiger partial charge in [0.15, 0.2) is 11.6 Å². The van der Waals surface area contributed by atoms with E-state index < -0.39 is 25.8 Å². The summed E-state index contributed by atoms with van der Waals surface area (Å²) < 4.78 is 43.2. The van der Waals surface area contributed by atoms with Crippen LogP contribution in [0.2, 0.25) is 19.6 Å². The van der Waals surface area contributed by atoms with Crippen molar-refractivity contribution in [3.8, 4) is 17.2 Å². The number of hydrogen-bond donors (Lipinski definition) is 0. The highest BCUT2D eigenvalue weighted by atomic mass is 32.2. The zero-order chi connectivity index (χ0) is 22.1. The Morgan fingerprint density at radius 2 is 1.77 bits per heavy atom. The zero-order valence-electron chi connectivity index (χ0n) is 17.4. The lowest BCUT2D eigenvalue weighted by Gasteiger charge is -2.30. The number of amides is 1. The Balaban J connectivity index is 2.13. The van der Waals surface area contributed by atoms with Crippen LogP contribution in [0.5, 0.6) is 17.2 Å². The molecule has 0 saturated carbocycles. The second-order valence-electron chi connectivity index (χ2n) is 7.35. The molecule has 0 radical (unpaired) electrons. The second kappa shape index (κ2) is 9.42. The maximum absolute atomic E-state index is 15.2. The average molecular weight is 488 g/mol. The van der Waals surface area contributed by atoms with E-state index in [1.54, 1.807) is 12.1 Å². The van der Waals surface area contributed by atoms with Crippen LogP contribution in [0.3, 0.4) is 0 Å². The number of nitrogens with zero attached hydrogens (tertiary/aromatic N) is 1. The first-order valence-corrected chi connectivity index (χ1v) is 15.7. The number of hydrogen-bond acceptors (Lipinski definition) is 6. The molecule has 10 heteroatoms. The minimum Gasteiger partial charge on any atom is -0.455 e. The van der Waals surface area contributed by atoms with Crippen molar-refractivity contribution in [2.75, 3.05) is 11.5 Å². The molecular formula is C20H23F2NO3S3Si. The molecule has 3 rings (SSSR count). The minimum atomic E-state index is -2.33. The van der Waals surface area contributed by atoms with Crippen molar-refractivity contribution in [1.29, 1.82) is 0 Å². The van der Waals surface area contributed by atoms with Crippen molar-refractivity contribution in [2.45, 2.75) is 43.3 Å². The van der Waals surface area contributed by atoms with E-state index in [0.717, 1.165) is 11.8 Å². The second-order valence-corrected chi connectivity index (χ2v) is 16.0. The fourth-order valence-electron chi connectivity index (χ4n) is 2.93. The quantitative estimate of drug-likeness (QED) is 0.278. The van der Waals surface area contributed by atoms with Crippen LogP contribution >= 0.6 is 35.7 Å². The summed E-state index contributed by atoms with van der Waals surface area (Å²) in [4.78, 5) is 13.5. The summed E-state index contributed by atoms with van der Waals surface area (Å²) in [5.41, 5.74) is 0. The normalized spacial score (nSPS) is 12.6. The molecule has 0 unspecified atom stereocenters. The molecule has 0 N–H and O–H groups in total. The summed E-state index contributed by atoms with van der Waals surface area (Å²) in [5, 5.41) is 0.453. The van der Waals surface area contributed by atoms with Gasteiger partial charge in [-0.1, -0.05) is 57.4 Å². The van der Waals surface area contributed by atoms with Gasteiger partial charge in [-0.25, -0.2) is 9.18 Å². The van der Waals surface area contributed by atoms with Crippen molar-refractivity contribution in [3.63, 3.8) is 0 Å². The fraction of sp³-hybridized carbons (Fsp3) is 0.350. The number of benzene rings is 2. The Bertz CT molecular complexity index is 963. The van der Waals surface area contributed by atoms with Gasteiger partial charge in [-0.15, -0.1) is 0 Å². The van der Waals surface area contributed by atoms with E-state index in [2.05, 4.69) is 0 Å². The molecule has 2 aromatic carbocycles. The summed E-state index contributed by atoms with van der Waals surface area (Å²) in [6.07, 6.45) is -0.740. The van der Waals surface area contributed by atoms with Crippen LogP contribution in [0.1, 0.15) is 13.8 Å². The lowest BCUT2D eigenvalue weighted by Crippen LogP contribution is -2.42. The third kappa shape index (κ3) is 4.61. The van der Waals surface area contributed by atoms with Gasteiger partial charge in [-0.05, 0) is 36.0 Å². The van der Waals surface area contributed by atoms with Crippen molar-refractivity contribution < 1.29 is 23.0 Å². The number of carbonyl (C=O) groups excluding carboxylic acids is 1. The monoisotopic (exact) mass is 487 g/mol. The molecule has 0 spiro atoms. The Morgan fingerprint density at radius 3 is 2.37 bits per heavy atom. The van der Waals surface area contributed by atoms with Gasteiger partial charge in [-0.2, -0.15) is 8.10 Å². The molecule has 0 atom stereocenters. The maximum Gasteiger partial charge on any atom is 0.435 e. The molecule has 0 bridgehead atoms. The van der Waals surface area contributed by atoms with Gasteiger partial charge in [0.2, 0.25) is 5.82 Å². The van der Waals surface area contributed by atoms with Crippen LogP contribution in [0.25, 0.3) is 0 Å². The predicted molar refractivity (Wildman–Crippen MR) is 124 cm³/mol. The van der Waals surface area contributed by atoms with Crippen LogP contribution in [0.15, 0.2) is 34.1 Å². The van der Waals surface area contributed by atoms with Crippen LogP contribution in [-0.4, -0.2) is 29.4 Å². The van der Waals surface area contributed by atoms with Crippen LogP contribution in [-0.2, 0) is 0 Å². The van der Waals surface area contributed by atoms with Crippen molar-refractivity contribution in [2.24, 2.45) is 0 Å². The number of halogens is 2. The van der Waals surface area contributed by atoms with Gasteiger partial charge in [0, 0.05) is 16.7 Å². The van der Waals surface area contributed by atoms with Crippen LogP contribution in [0, 0.1) is 11.6 Å². The van der Waals surface area contributed by atoms with E-state index in [1.165, 1.54) is 27.6 Å². The van der Waals surface area contributed by atoms with Crippen molar-refractivity contribution in [1.82, 2.24) is 3.71 Å². The van der Waals surface area contributed by atoms with E-state index in [4.69, 9.17) is 9.47 Å². The Hall–Kier alpha value is -1.36. The predicted octanol–water partition coefficient (Wildman–Crippen LogP) is 6.90. The lowest BCUT2D eigenvalue weighted by atomic mass is 10.2. The number of para-hydroxylation sites is 1. The molecule has 0 aromatic heterocycles. The number of rotatable bonds is 6. The molecule has 4 nitrogen and oxygen atoms in total. The molecule has 2 aromatic rings. The Kier molecular flexibility index (Phi) is 7.31. The fourth-order valence-corrected chi connectivity index (χ4v) is 7.40. The first kappa shape index (κ1) is 23.3. The van der Waals surface area contributed by atoms with Gasteiger partial charge in [0.05, 0.1) is 17.9 Å². The smallest absolute Gasteiger partial charge is 0.435 e. The molecule has 1 amide bonds. The Labute approximate surface area is 189 Å². The molecule has 162 valence electrons. The van der Waals surface area contributed by atoms with Crippen LogP contribution in [0.4, 0.5) is 13.6 Å². The maximum atomic E-state index is 15.2. The summed E-state index contributed by atoms with van der Waals surface area (Å²) in [7, 11) is -2.33. The average Bonchev–Trinajstić information content (AvgIpc) is 2.69. The molecule has 1 heterocycles. The molecule has 1 aliphatic rings. The number of ether oxygens (including phenoxy) is 2. The number of fused-ring (bicyclic) bond motifs is 2. The number of carbonyl (C=O) groups is 1. The zero-order valence-corrected chi connectivity index (χ0v) is 20.8. The molecule has 0 fully saturated rings. The summed E-state index contributed by atoms with van der Waals surface area (Å²) >= 11 is 3.63. The van der Waals surface area contributed by atoms with E-state index in [-0.39, 0.29) is 16.4 Å². The highest BCUT2D eigenvalue weighted by molar-refractivity contribution is 8.12. The van der Waals surface area contributed by atoms with Gasteiger partial charge < -0.3 is 9.47 Å². The van der Waals surface area contributed by atoms with Gasteiger partial charge in [-0.3, -0.25) is 0 Å². The highest BCUT2D eigenvalue weighted by Crippen LogP contribution is 2.50. The molecule has 30 heavy (non-hydrogen) atoms. The van der Waals surface area contributed by atoms with E-state index in [0.29, 0.717) is 27.3 Å². The third-order valence-corrected chi connectivity index (χ3v) is 9.10. The first-order valence-electron chi connectivity index (χ1n) is 9.46. The largest absolute Gasteiger partial charge is 0.455 e. The summed E-state index contributed by atoms with van der Waals surface area (Å²) in [6.45, 7) is 9.73. The first-order chi connectivity index (χ1) is 14.2. The minimum absolute atomic E-state index is 0.0890. The summed E-state index contributed by atoms with van der Waals surface area (Å²) in [6, 6.07) is 7.21. The van der Waals surface area contributed by atoms with Crippen molar-refractivity contribution >= 4 is 55.0 Å². The molecule has 0 aliphatic carbocycles. The van der Waals surface area contributed by atoms with Gasteiger partial charge in [0.1, 0.15) is 11.5 Å². The van der Waals surface area contributed by atoms with Gasteiger partial charge >= 0.3 is 6.09 Å². The summed E-state index contributed by atoms with van der Waals surface area (Å²) in [5.74, 6) is -0.486. The van der Waals surface area contributed by atoms with Crippen molar-refractivity contribution in [3.05, 3.63) is 35.9 Å². The standard InChI is InChI=1S/C20H23F2NO3S3Si/c1-6-27-23(28-7-2)20(24)26-16-14(21)15(22)18-17(19(16)30(3,4)5)25-12-10-8-9-11-13(12)29-18/h8-11H,6-7H2,1-5H3. The van der Waals surface area contributed by atoms with E-state index >= 15 is 8.78 Å². The Morgan fingerprint density at radius 1 is 1.13 bits per heavy atom. The third-order valence-electron chi connectivity index (χ3n) is 4.11. The van der Waals surface area contributed by atoms with Crippen LogP contribution < -0.4 is 14.7 Å². The molecular weight excluding hydrogens is 465 g/mol. The van der Waals surface area contributed by atoms with E-state index in [1.807, 2.05) is 45.6 Å². The topological polar surface area (TPSA) is 38.8 Å². The molecule has 1 aliphatic heterocycles. The highest BCUT2D eigenvalue weighted by Gasteiger charge is 2.38. The SMILES string of the molecule is CCSN(SCC)C(=O)Oc1c(F)c(F)c2c(c1[Si](C)(C)C)Oc1ccccc1S2. The lowest BCUT2D eigenvalue weighted by molar-refractivity contribution is 0.194. The molecule has 0 saturated heterocycles. The van der Waals surface area contributed by atoms with Gasteiger partial charge in [0.25, 0.3) is 0 Å². The van der Waals surface area contributed by atoms with E-state index in [9.17, 15) is 4.79 Å².